The van der Waals surface area contributed by atoms with E-state index in [2.05, 4.69) is 27.2 Å². The lowest BCUT2D eigenvalue weighted by molar-refractivity contribution is 0.998. The van der Waals surface area contributed by atoms with Gasteiger partial charge in [-0.25, -0.2) is 15.0 Å². The number of nitrogens with zero attached hydrogens (tertiary/aromatic N) is 4. The monoisotopic (exact) mass is 267 g/mol. The summed E-state index contributed by atoms with van der Waals surface area (Å²) in [5.74, 6) is 1.54. The number of imidazole rings is 1. The molecule has 0 unspecified atom stereocenters. The Bertz CT molecular complexity index is 727. The molecule has 3 heterocycles. The molecular formula is C15H17N5. The second-order valence-corrected chi connectivity index (χ2v) is 4.66. The van der Waals surface area contributed by atoms with E-state index in [1.54, 1.807) is 0 Å². The Kier molecular flexibility index (Phi) is 3.10. The van der Waals surface area contributed by atoms with Crippen LogP contribution in [0.1, 0.15) is 18.2 Å². The fraction of sp³-hybridized carbons (Fsp3) is 0.267. The SMILES string of the molecule is CCc1c(C)nc(-c2cn3ccccc3n2)nc1NC. The zero-order valence-corrected chi connectivity index (χ0v) is 11.9. The molecule has 0 spiro atoms. The van der Waals surface area contributed by atoms with Crippen LogP contribution in [-0.4, -0.2) is 26.4 Å². The third-order valence-electron chi connectivity index (χ3n) is 3.40. The van der Waals surface area contributed by atoms with Gasteiger partial charge in [0.25, 0.3) is 0 Å². The van der Waals surface area contributed by atoms with E-state index < -0.39 is 0 Å². The number of rotatable bonds is 3. The molecule has 0 aliphatic carbocycles. The summed E-state index contributed by atoms with van der Waals surface area (Å²) in [7, 11) is 1.88. The molecule has 5 nitrogen and oxygen atoms in total. The van der Waals surface area contributed by atoms with Crippen molar-refractivity contribution < 1.29 is 0 Å². The van der Waals surface area contributed by atoms with Gasteiger partial charge in [0.2, 0.25) is 0 Å². The van der Waals surface area contributed by atoms with Crippen molar-refractivity contribution in [2.45, 2.75) is 20.3 Å². The van der Waals surface area contributed by atoms with Crippen LogP contribution in [0.4, 0.5) is 5.82 Å². The van der Waals surface area contributed by atoms with Crippen molar-refractivity contribution in [3.05, 3.63) is 41.9 Å². The van der Waals surface area contributed by atoms with E-state index in [0.717, 1.165) is 34.8 Å². The molecule has 0 fully saturated rings. The van der Waals surface area contributed by atoms with Gasteiger partial charge in [-0.15, -0.1) is 0 Å². The molecule has 1 N–H and O–H groups in total. The summed E-state index contributed by atoms with van der Waals surface area (Å²) in [4.78, 5) is 13.7. The van der Waals surface area contributed by atoms with Gasteiger partial charge in [-0.05, 0) is 25.5 Å². The molecule has 0 atom stereocenters. The third-order valence-corrected chi connectivity index (χ3v) is 3.40. The van der Waals surface area contributed by atoms with E-state index in [0.29, 0.717) is 5.82 Å². The van der Waals surface area contributed by atoms with Crippen LogP contribution in [0, 0.1) is 6.92 Å². The maximum atomic E-state index is 4.59. The number of hydrogen-bond donors (Lipinski definition) is 1. The normalized spacial score (nSPS) is 10.9. The predicted octanol–water partition coefficient (Wildman–Crippen LogP) is 2.70. The molecule has 3 rings (SSSR count). The number of pyridine rings is 1. The van der Waals surface area contributed by atoms with Crippen molar-refractivity contribution in [3.63, 3.8) is 0 Å². The Morgan fingerprint density at radius 3 is 2.75 bits per heavy atom. The molecule has 0 bridgehead atoms. The van der Waals surface area contributed by atoms with Gasteiger partial charge in [-0.3, -0.25) is 0 Å². The molecule has 3 aromatic rings. The highest BCUT2D eigenvalue weighted by Gasteiger charge is 2.12. The number of aryl methyl sites for hydroxylation is 1. The summed E-state index contributed by atoms with van der Waals surface area (Å²) < 4.78 is 1.97. The zero-order chi connectivity index (χ0) is 14.1. The highest BCUT2D eigenvalue weighted by atomic mass is 15.1. The lowest BCUT2D eigenvalue weighted by Crippen LogP contribution is -2.05. The van der Waals surface area contributed by atoms with E-state index >= 15 is 0 Å². The number of anilines is 1. The van der Waals surface area contributed by atoms with Crippen LogP contribution in [0.5, 0.6) is 0 Å². The first-order valence-corrected chi connectivity index (χ1v) is 6.72. The number of aromatic nitrogens is 4. The summed E-state index contributed by atoms with van der Waals surface area (Å²) in [6, 6.07) is 5.91. The molecule has 3 aromatic heterocycles. The van der Waals surface area contributed by atoms with Crippen molar-refractivity contribution in [2.24, 2.45) is 0 Å². The average Bonchev–Trinajstić information content (AvgIpc) is 2.90. The minimum Gasteiger partial charge on any atom is -0.373 e. The maximum Gasteiger partial charge on any atom is 0.182 e. The minimum absolute atomic E-state index is 0.660. The molecule has 0 saturated heterocycles. The standard InChI is InChI=1S/C15H17N5/c1-4-11-10(2)17-15(19-14(11)16-3)12-9-20-8-6-5-7-13(20)18-12/h5-9H,4H2,1-3H3,(H,16,17,19). The number of nitrogens with one attached hydrogen (secondary N) is 1. The Balaban J connectivity index is 2.16. The van der Waals surface area contributed by atoms with Gasteiger partial charge >= 0.3 is 0 Å². The summed E-state index contributed by atoms with van der Waals surface area (Å²) >= 11 is 0. The van der Waals surface area contributed by atoms with Crippen molar-refractivity contribution in [1.29, 1.82) is 0 Å². The summed E-state index contributed by atoms with van der Waals surface area (Å²) in [6.07, 6.45) is 4.83. The highest BCUT2D eigenvalue weighted by molar-refractivity contribution is 5.59. The second kappa shape index (κ2) is 4.92. The molecule has 102 valence electrons. The molecule has 20 heavy (non-hydrogen) atoms. The van der Waals surface area contributed by atoms with E-state index in [4.69, 9.17) is 0 Å². The van der Waals surface area contributed by atoms with Crippen LogP contribution < -0.4 is 5.32 Å². The fourth-order valence-corrected chi connectivity index (χ4v) is 2.38. The van der Waals surface area contributed by atoms with Crippen LogP contribution in [0.15, 0.2) is 30.6 Å². The number of fused-ring (bicyclic) bond motifs is 1. The van der Waals surface area contributed by atoms with Gasteiger partial charge in [0.1, 0.15) is 17.2 Å². The molecular weight excluding hydrogens is 250 g/mol. The lowest BCUT2D eigenvalue weighted by atomic mass is 10.1. The third kappa shape index (κ3) is 2.01. The Morgan fingerprint density at radius 1 is 1.20 bits per heavy atom. The topological polar surface area (TPSA) is 55.1 Å². The highest BCUT2D eigenvalue weighted by Crippen LogP contribution is 2.22. The van der Waals surface area contributed by atoms with Gasteiger partial charge in [0, 0.05) is 30.7 Å². The van der Waals surface area contributed by atoms with Gasteiger partial charge in [0.05, 0.1) is 0 Å². The van der Waals surface area contributed by atoms with Gasteiger partial charge in [-0.1, -0.05) is 13.0 Å². The van der Waals surface area contributed by atoms with E-state index in [1.807, 2.05) is 49.0 Å². The van der Waals surface area contributed by atoms with Crippen molar-refractivity contribution in [2.75, 3.05) is 12.4 Å². The van der Waals surface area contributed by atoms with Crippen molar-refractivity contribution in [1.82, 2.24) is 19.4 Å². The lowest BCUT2D eigenvalue weighted by Gasteiger charge is -2.10. The zero-order valence-electron chi connectivity index (χ0n) is 11.9. The quantitative estimate of drug-likeness (QED) is 0.792. The predicted molar refractivity (Wildman–Crippen MR) is 79.9 cm³/mol. The van der Waals surface area contributed by atoms with Gasteiger partial charge < -0.3 is 9.72 Å². The summed E-state index contributed by atoms with van der Waals surface area (Å²) in [5.41, 5.74) is 3.84. The van der Waals surface area contributed by atoms with Crippen LogP contribution in [0.3, 0.4) is 0 Å². The first kappa shape index (κ1) is 12.6. The van der Waals surface area contributed by atoms with E-state index in [-0.39, 0.29) is 0 Å². The first-order valence-electron chi connectivity index (χ1n) is 6.72. The molecule has 5 heteroatoms. The van der Waals surface area contributed by atoms with E-state index in [9.17, 15) is 0 Å². The Hall–Kier alpha value is -2.43. The second-order valence-electron chi connectivity index (χ2n) is 4.66. The van der Waals surface area contributed by atoms with Crippen LogP contribution >= 0.6 is 0 Å². The van der Waals surface area contributed by atoms with Crippen LogP contribution in [-0.2, 0) is 6.42 Å². The fourth-order valence-electron chi connectivity index (χ4n) is 2.38. The molecule has 0 aromatic carbocycles. The summed E-state index contributed by atoms with van der Waals surface area (Å²) in [6.45, 7) is 4.12. The molecule has 0 saturated carbocycles. The maximum absolute atomic E-state index is 4.59. The first-order chi connectivity index (χ1) is 9.72. The smallest absolute Gasteiger partial charge is 0.182 e. The largest absolute Gasteiger partial charge is 0.373 e. The van der Waals surface area contributed by atoms with Gasteiger partial charge in [-0.2, -0.15) is 0 Å². The van der Waals surface area contributed by atoms with Crippen molar-refractivity contribution >= 4 is 11.5 Å². The van der Waals surface area contributed by atoms with Crippen LogP contribution in [0.25, 0.3) is 17.2 Å². The molecule has 0 aliphatic heterocycles. The molecule has 0 aliphatic rings. The molecule has 0 amide bonds. The molecule has 0 radical (unpaired) electrons. The van der Waals surface area contributed by atoms with Crippen LogP contribution in [0.2, 0.25) is 0 Å². The number of hydrogen-bond acceptors (Lipinski definition) is 4. The van der Waals surface area contributed by atoms with Crippen molar-refractivity contribution in [3.8, 4) is 11.5 Å². The Morgan fingerprint density at radius 2 is 2.05 bits per heavy atom. The van der Waals surface area contributed by atoms with E-state index in [1.165, 1.54) is 0 Å². The Labute approximate surface area is 117 Å². The van der Waals surface area contributed by atoms with Gasteiger partial charge in [0.15, 0.2) is 5.82 Å². The minimum atomic E-state index is 0.660. The summed E-state index contributed by atoms with van der Waals surface area (Å²) in [5, 5.41) is 3.15. The average molecular weight is 267 g/mol.